The zero-order valence-corrected chi connectivity index (χ0v) is 16.3. The molecule has 142 valence electrons. The Morgan fingerprint density at radius 2 is 2.04 bits per heavy atom. The zero-order valence-electron chi connectivity index (χ0n) is 15.5. The Morgan fingerprint density at radius 3 is 2.69 bits per heavy atom. The number of rotatable bonds is 8. The van der Waals surface area contributed by atoms with Gasteiger partial charge >= 0.3 is 0 Å². The molecule has 7 nitrogen and oxygen atoms in total. The summed E-state index contributed by atoms with van der Waals surface area (Å²) >= 11 is 0. The molecule has 0 fully saturated rings. The zero-order chi connectivity index (χ0) is 19.0. The van der Waals surface area contributed by atoms with E-state index in [4.69, 9.17) is 0 Å². The van der Waals surface area contributed by atoms with Crippen LogP contribution in [0.5, 0.6) is 0 Å². The average Bonchev–Trinajstić information content (AvgIpc) is 3.07. The lowest BCUT2D eigenvalue weighted by Gasteiger charge is -2.17. The van der Waals surface area contributed by atoms with Gasteiger partial charge in [-0.05, 0) is 25.8 Å². The number of imidazole rings is 1. The van der Waals surface area contributed by atoms with Gasteiger partial charge in [-0.25, -0.2) is 18.4 Å². The molecule has 0 spiro atoms. The standard InChI is InChI=1S/C18H27N5O2S/c1-4-19-18(22-14(2)10-11-26(3,24)25)21-13-17-20-12-16(23-17)15-8-6-5-7-9-15/h5-9,12,14H,4,10-11,13H2,1-3H3,(H,20,23)(H2,19,21,22). The normalized spacial score (nSPS) is 13.4. The predicted molar refractivity (Wildman–Crippen MR) is 106 cm³/mol. The van der Waals surface area contributed by atoms with Crippen LogP contribution < -0.4 is 10.6 Å². The fourth-order valence-electron chi connectivity index (χ4n) is 2.38. The second kappa shape index (κ2) is 9.38. The first-order valence-electron chi connectivity index (χ1n) is 8.69. The van der Waals surface area contributed by atoms with Crippen molar-refractivity contribution in [2.75, 3.05) is 18.6 Å². The molecule has 1 heterocycles. The molecule has 0 aliphatic rings. The first-order valence-corrected chi connectivity index (χ1v) is 10.8. The first kappa shape index (κ1) is 20.0. The number of benzene rings is 1. The van der Waals surface area contributed by atoms with Gasteiger partial charge in [0.2, 0.25) is 0 Å². The van der Waals surface area contributed by atoms with Gasteiger partial charge in [-0.3, -0.25) is 0 Å². The molecule has 1 unspecified atom stereocenters. The predicted octanol–water partition coefficient (Wildman–Crippen LogP) is 1.96. The van der Waals surface area contributed by atoms with Crippen LogP contribution in [0.15, 0.2) is 41.5 Å². The van der Waals surface area contributed by atoms with Gasteiger partial charge in [0, 0.05) is 18.8 Å². The van der Waals surface area contributed by atoms with Crippen LogP contribution in [0.3, 0.4) is 0 Å². The van der Waals surface area contributed by atoms with E-state index in [1.54, 1.807) is 6.20 Å². The largest absolute Gasteiger partial charge is 0.357 e. The van der Waals surface area contributed by atoms with Crippen molar-refractivity contribution in [3.8, 4) is 11.3 Å². The number of H-pyrrole nitrogens is 1. The Balaban J connectivity index is 1.97. The van der Waals surface area contributed by atoms with Gasteiger partial charge in [-0.2, -0.15) is 0 Å². The molecule has 0 saturated heterocycles. The molecule has 0 saturated carbocycles. The number of guanidine groups is 1. The molecule has 1 aromatic heterocycles. The van der Waals surface area contributed by atoms with Crippen molar-refractivity contribution in [1.29, 1.82) is 0 Å². The number of hydrogen-bond acceptors (Lipinski definition) is 4. The van der Waals surface area contributed by atoms with Crippen molar-refractivity contribution < 1.29 is 8.42 Å². The summed E-state index contributed by atoms with van der Waals surface area (Å²) in [5.41, 5.74) is 2.03. The van der Waals surface area contributed by atoms with Crippen LogP contribution in [0, 0.1) is 0 Å². The smallest absolute Gasteiger partial charge is 0.191 e. The van der Waals surface area contributed by atoms with E-state index in [1.165, 1.54) is 6.26 Å². The molecule has 1 aromatic carbocycles. The van der Waals surface area contributed by atoms with Crippen LogP contribution in [-0.4, -0.2) is 48.9 Å². The second-order valence-electron chi connectivity index (χ2n) is 6.27. The van der Waals surface area contributed by atoms with Crippen molar-refractivity contribution >= 4 is 15.8 Å². The van der Waals surface area contributed by atoms with Crippen LogP contribution in [0.25, 0.3) is 11.3 Å². The highest BCUT2D eigenvalue weighted by Crippen LogP contribution is 2.16. The lowest BCUT2D eigenvalue weighted by atomic mass is 10.2. The fraction of sp³-hybridized carbons (Fsp3) is 0.444. The Kier molecular flexibility index (Phi) is 7.20. The van der Waals surface area contributed by atoms with Crippen molar-refractivity contribution in [2.24, 2.45) is 4.99 Å². The van der Waals surface area contributed by atoms with Crippen LogP contribution in [0.4, 0.5) is 0 Å². The van der Waals surface area contributed by atoms with Crippen LogP contribution in [0.2, 0.25) is 0 Å². The lowest BCUT2D eigenvalue weighted by molar-refractivity contribution is 0.581. The summed E-state index contributed by atoms with van der Waals surface area (Å²) in [7, 11) is -2.96. The third-order valence-electron chi connectivity index (χ3n) is 3.75. The summed E-state index contributed by atoms with van der Waals surface area (Å²) in [6.45, 7) is 5.05. The van der Waals surface area contributed by atoms with Gasteiger partial charge < -0.3 is 15.6 Å². The van der Waals surface area contributed by atoms with E-state index in [0.29, 0.717) is 18.9 Å². The van der Waals surface area contributed by atoms with Crippen LogP contribution >= 0.6 is 0 Å². The number of aliphatic imine (C=N–C) groups is 1. The molecule has 0 amide bonds. The topological polar surface area (TPSA) is 99.2 Å². The lowest BCUT2D eigenvalue weighted by Crippen LogP contribution is -2.42. The molecule has 0 bridgehead atoms. The van der Waals surface area contributed by atoms with Gasteiger partial charge in [0.25, 0.3) is 0 Å². The molecule has 2 rings (SSSR count). The van der Waals surface area contributed by atoms with E-state index in [1.807, 2.05) is 44.2 Å². The molecule has 2 aromatic rings. The number of nitrogens with zero attached hydrogens (tertiary/aromatic N) is 2. The highest BCUT2D eigenvalue weighted by atomic mass is 32.2. The summed E-state index contributed by atoms with van der Waals surface area (Å²) in [5.74, 6) is 1.56. The van der Waals surface area contributed by atoms with Gasteiger partial charge in [0.1, 0.15) is 22.2 Å². The van der Waals surface area contributed by atoms with E-state index in [9.17, 15) is 8.42 Å². The van der Waals surface area contributed by atoms with Gasteiger partial charge in [-0.1, -0.05) is 30.3 Å². The molecule has 3 N–H and O–H groups in total. The fourth-order valence-corrected chi connectivity index (χ4v) is 3.16. The maximum absolute atomic E-state index is 11.3. The molecule has 26 heavy (non-hydrogen) atoms. The summed E-state index contributed by atoms with van der Waals surface area (Å²) in [6.07, 6.45) is 3.58. The third kappa shape index (κ3) is 6.87. The molecule has 1 atom stereocenters. The third-order valence-corrected chi connectivity index (χ3v) is 4.73. The second-order valence-corrected chi connectivity index (χ2v) is 8.53. The molecule has 8 heteroatoms. The monoisotopic (exact) mass is 377 g/mol. The number of aromatic nitrogens is 2. The van der Waals surface area contributed by atoms with Crippen molar-refractivity contribution in [2.45, 2.75) is 32.9 Å². The highest BCUT2D eigenvalue weighted by molar-refractivity contribution is 7.90. The Labute approximate surface area is 155 Å². The van der Waals surface area contributed by atoms with Crippen LogP contribution in [-0.2, 0) is 16.4 Å². The Hall–Kier alpha value is -2.35. The van der Waals surface area contributed by atoms with E-state index in [-0.39, 0.29) is 11.8 Å². The molecular weight excluding hydrogens is 350 g/mol. The number of hydrogen-bond donors (Lipinski definition) is 3. The summed E-state index contributed by atoms with van der Waals surface area (Å²) in [6, 6.07) is 9.99. The minimum Gasteiger partial charge on any atom is -0.357 e. The maximum Gasteiger partial charge on any atom is 0.191 e. The number of sulfone groups is 1. The Morgan fingerprint density at radius 1 is 1.31 bits per heavy atom. The van der Waals surface area contributed by atoms with Gasteiger partial charge in [0.15, 0.2) is 5.96 Å². The van der Waals surface area contributed by atoms with E-state index < -0.39 is 9.84 Å². The first-order chi connectivity index (χ1) is 12.4. The summed E-state index contributed by atoms with van der Waals surface area (Å²) < 4.78 is 22.6. The molecule has 0 aliphatic carbocycles. The minimum atomic E-state index is -2.96. The quantitative estimate of drug-likeness (QED) is 0.482. The minimum absolute atomic E-state index is 0.000921. The molecule has 0 radical (unpaired) electrons. The molecular formula is C18H27N5O2S. The van der Waals surface area contributed by atoms with Crippen molar-refractivity contribution in [1.82, 2.24) is 20.6 Å². The van der Waals surface area contributed by atoms with Crippen molar-refractivity contribution in [3.05, 3.63) is 42.4 Å². The number of nitrogens with one attached hydrogen (secondary N) is 3. The van der Waals surface area contributed by atoms with Crippen LogP contribution in [0.1, 0.15) is 26.1 Å². The van der Waals surface area contributed by atoms with E-state index in [0.717, 1.165) is 23.6 Å². The Bertz CT molecular complexity index is 815. The molecule has 0 aliphatic heterocycles. The maximum atomic E-state index is 11.3. The number of aromatic amines is 1. The average molecular weight is 378 g/mol. The summed E-state index contributed by atoms with van der Waals surface area (Å²) in [5, 5.41) is 6.40. The van der Waals surface area contributed by atoms with Gasteiger partial charge in [-0.15, -0.1) is 0 Å². The SMILES string of the molecule is CCNC(=NCc1ncc(-c2ccccc2)[nH]1)NC(C)CCS(C)(=O)=O. The van der Waals surface area contributed by atoms with Crippen molar-refractivity contribution in [3.63, 3.8) is 0 Å². The highest BCUT2D eigenvalue weighted by Gasteiger charge is 2.10. The van der Waals surface area contributed by atoms with E-state index >= 15 is 0 Å². The van der Waals surface area contributed by atoms with Gasteiger partial charge in [0.05, 0.1) is 17.6 Å². The van der Waals surface area contributed by atoms with E-state index in [2.05, 4.69) is 25.6 Å². The summed E-state index contributed by atoms with van der Waals surface area (Å²) in [4.78, 5) is 12.2.